The number of amides is 1. The van der Waals surface area contributed by atoms with Crippen LogP contribution in [0.15, 0.2) is 18.2 Å². The number of carbonyl (C=O) groups is 1. The molecule has 0 saturated heterocycles. The van der Waals surface area contributed by atoms with E-state index in [-0.39, 0.29) is 30.1 Å². The molecule has 2 aromatic rings. The van der Waals surface area contributed by atoms with E-state index in [9.17, 15) is 4.79 Å². The zero-order valence-electron chi connectivity index (χ0n) is 14.6. The summed E-state index contributed by atoms with van der Waals surface area (Å²) < 4.78 is 1.56. The van der Waals surface area contributed by atoms with Crippen molar-refractivity contribution in [2.45, 2.75) is 19.8 Å². The Morgan fingerprint density at radius 1 is 1.32 bits per heavy atom. The minimum absolute atomic E-state index is 0. The van der Waals surface area contributed by atoms with E-state index < -0.39 is 0 Å². The summed E-state index contributed by atoms with van der Waals surface area (Å²) in [7, 11) is 3.56. The van der Waals surface area contributed by atoms with Crippen LogP contribution in [0.1, 0.15) is 36.2 Å². The molecule has 1 aromatic carbocycles. The molecule has 0 aliphatic carbocycles. The number of halogens is 3. The summed E-state index contributed by atoms with van der Waals surface area (Å²) >= 11 is 12.6. The second-order valence-electron chi connectivity index (χ2n) is 5.76. The van der Waals surface area contributed by atoms with Gasteiger partial charge in [0.05, 0.1) is 10.0 Å². The third kappa shape index (κ3) is 4.85. The molecule has 0 aliphatic rings. The summed E-state index contributed by atoms with van der Waals surface area (Å²) in [5, 5.41) is 8.29. The van der Waals surface area contributed by atoms with E-state index in [1.165, 1.54) is 0 Å². The van der Waals surface area contributed by atoms with Crippen LogP contribution in [0.4, 0.5) is 0 Å². The van der Waals surface area contributed by atoms with Crippen LogP contribution in [-0.2, 0) is 0 Å². The van der Waals surface area contributed by atoms with Crippen molar-refractivity contribution in [3.05, 3.63) is 39.9 Å². The smallest absolute Gasteiger partial charge is 0.293 e. The molecule has 1 N–H and O–H groups in total. The normalized spacial score (nSPS) is 10.7. The van der Waals surface area contributed by atoms with Crippen LogP contribution in [-0.4, -0.2) is 52.8 Å². The van der Waals surface area contributed by atoms with Crippen LogP contribution < -0.4 is 5.32 Å². The molecule has 25 heavy (non-hydrogen) atoms. The lowest BCUT2D eigenvalue weighted by Gasteiger charge is -2.14. The van der Waals surface area contributed by atoms with Crippen molar-refractivity contribution in [2.75, 3.05) is 27.2 Å². The van der Waals surface area contributed by atoms with Crippen molar-refractivity contribution in [1.29, 1.82) is 0 Å². The van der Waals surface area contributed by atoms with Gasteiger partial charge in [-0.25, -0.2) is 9.67 Å². The van der Waals surface area contributed by atoms with Gasteiger partial charge in [0, 0.05) is 26.1 Å². The Hall–Kier alpha value is -1.34. The fourth-order valence-electron chi connectivity index (χ4n) is 2.20. The van der Waals surface area contributed by atoms with Gasteiger partial charge in [-0.1, -0.05) is 43.1 Å². The number of nitrogens with one attached hydrogen (secondary N) is 1. The molecular weight excluding hydrogens is 385 g/mol. The number of benzene rings is 1. The first kappa shape index (κ1) is 21.7. The van der Waals surface area contributed by atoms with Gasteiger partial charge in [-0.15, -0.1) is 17.5 Å². The van der Waals surface area contributed by atoms with E-state index >= 15 is 0 Å². The molecule has 2 rings (SSSR count). The van der Waals surface area contributed by atoms with Gasteiger partial charge in [-0.2, -0.15) is 0 Å². The van der Waals surface area contributed by atoms with E-state index in [1.807, 2.05) is 20.9 Å². The maximum absolute atomic E-state index is 12.5. The average molecular weight is 407 g/mol. The Kier molecular flexibility index (Phi) is 8.15. The zero-order chi connectivity index (χ0) is 17.9. The molecule has 1 amide bonds. The third-order valence-corrected chi connectivity index (χ3v) is 4.14. The van der Waals surface area contributed by atoms with Gasteiger partial charge < -0.3 is 10.2 Å². The monoisotopic (exact) mass is 405 g/mol. The molecule has 0 bridgehead atoms. The van der Waals surface area contributed by atoms with E-state index in [0.29, 0.717) is 34.6 Å². The third-order valence-electron chi connectivity index (χ3n) is 3.53. The number of carbonyl (C=O) groups excluding carboxylic acids is 1. The fraction of sp³-hybridized carbons (Fsp3) is 0.438. The Balaban J connectivity index is 0.00000312. The van der Waals surface area contributed by atoms with Crippen LogP contribution >= 0.6 is 35.6 Å². The standard InChI is InChI=1S/C16H21Cl2N5O.ClH/c1-10(2)15-20-14(16(24)22(4)9-8-19-3)21-23(15)13-11(17)6-5-7-12(13)18;/h5-7,10,19H,8-9H2,1-4H3;1H. The highest BCUT2D eigenvalue weighted by Crippen LogP contribution is 2.30. The number of hydrogen-bond donors (Lipinski definition) is 1. The Morgan fingerprint density at radius 2 is 1.92 bits per heavy atom. The topological polar surface area (TPSA) is 63.1 Å². The van der Waals surface area contributed by atoms with Gasteiger partial charge in [0.1, 0.15) is 11.5 Å². The Morgan fingerprint density at radius 3 is 2.44 bits per heavy atom. The van der Waals surface area contributed by atoms with Crippen LogP contribution in [0.3, 0.4) is 0 Å². The number of para-hydroxylation sites is 1. The SMILES string of the molecule is CNCCN(C)C(=O)c1nc(C(C)C)n(-c2c(Cl)cccc2Cl)n1.Cl. The van der Waals surface area contributed by atoms with Crippen molar-refractivity contribution in [3.8, 4) is 5.69 Å². The quantitative estimate of drug-likeness (QED) is 0.798. The van der Waals surface area contributed by atoms with Crippen LogP contribution in [0, 0.1) is 0 Å². The van der Waals surface area contributed by atoms with E-state index in [0.717, 1.165) is 0 Å². The predicted octanol–water partition coefficient (Wildman–Crippen LogP) is 3.41. The fourth-order valence-corrected chi connectivity index (χ4v) is 2.75. The number of hydrogen-bond acceptors (Lipinski definition) is 4. The number of rotatable bonds is 6. The first-order valence-electron chi connectivity index (χ1n) is 7.68. The summed E-state index contributed by atoms with van der Waals surface area (Å²) in [6.07, 6.45) is 0. The van der Waals surface area contributed by atoms with Gasteiger partial charge in [-0.3, -0.25) is 4.79 Å². The Labute approximate surface area is 163 Å². The maximum Gasteiger partial charge on any atom is 0.293 e. The van der Waals surface area contributed by atoms with Crippen molar-refractivity contribution in [1.82, 2.24) is 25.0 Å². The summed E-state index contributed by atoms with van der Waals surface area (Å²) in [6.45, 7) is 5.21. The maximum atomic E-state index is 12.5. The number of aromatic nitrogens is 3. The molecular formula is C16H22Cl3N5O. The van der Waals surface area contributed by atoms with E-state index in [4.69, 9.17) is 23.2 Å². The molecule has 1 heterocycles. The molecule has 9 heteroatoms. The largest absolute Gasteiger partial charge is 0.338 e. The lowest BCUT2D eigenvalue weighted by atomic mass is 10.2. The van der Waals surface area contributed by atoms with Gasteiger partial charge in [0.15, 0.2) is 0 Å². The lowest BCUT2D eigenvalue weighted by molar-refractivity contribution is 0.0785. The van der Waals surface area contributed by atoms with Gasteiger partial charge in [-0.05, 0) is 19.2 Å². The highest BCUT2D eigenvalue weighted by atomic mass is 35.5. The minimum atomic E-state index is -0.242. The molecule has 138 valence electrons. The molecule has 1 aromatic heterocycles. The van der Waals surface area contributed by atoms with Crippen molar-refractivity contribution in [2.24, 2.45) is 0 Å². The highest BCUT2D eigenvalue weighted by molar-refractivity contribution is 6.37. The lowest BCUT2D eigenvalue weighted by Crippen LogP contribution is -2.33. The summed E-state index contributed by atoms with van der Waals surface area (Å²) in [6, 6.07) is 5.22. The van der Waals surface area contributed by atoms with Gasteiger partial charge >= 0.3 is 0 Å². The first-order valence-corrected chi connectivity index (χ1v) is 8.43. The number of nitrogens with zero attached hydrogens (tertiary/aromatic N) is 4. The second kappa shape index (κ2) is 9.38. The van der Waals surface area contributed by atoms with Crippen LogP contribution in [0.2, 0.25) is 10.0 Å². The summed E-state index contributed by atoms with van der Waals surface area (Å²) in [5.41, 5.74) is 0.536. The summed E-state index contributed by atoms with van der Waals surface area (Å²) in [4.78, 5) is 18.5. The first-order chi connectivity index (χ1) is 11.4. The zero-order valence-corrected chi connectivity index (χ0v) is 16.9. The molecule has 0 saturated carbocycles. The highest BCUT2D eigenvalue weighted by Gasteiger charge is 2.23. The summed E-state index contributed by atoms with van der Waals surface area (Å²) in [5.74, 6) is 0.576. The van der Waals surface area contributed by atoms with Crippen molar-refractivity contribution in [3.63, 3.8) is 0 Å². The van der Waals surface area contributed by atoms with Crippen LogP contribution in [0.5, 0.6) is 0 Å². The molecule has 0 radical (unpaired) electrons. The van der Waals surface area contributed by atoms with Crippen molar-refractivity contribution < 1.29 is 4.79 Å². The van der Waals surface area contributed by atoms with Gasteiger partial charge in [0.2, 0.25) is 5.82 Å². The van der Waals surface area contributed by atoms with Crippen molar-refractivity contribution >= 4 is 41.5 Å². The second-order valence-corrected chi connectivity index (χ2v) is 6.58. The molecule has 0 aliphatic heterocycles. The van der Waals surface area contributed by atoms with Gasteiger partial charge in [0.25, 0.3) is 5.91 Å². The average Bonchev–Trinajstić information content (AvgIpc) is 2.96. The molecule has 0 spiro atoms. The molecule has 6 nitrogen and oxygen atoms in total. The predicted molar refractivity (Wildman–Crippen MR) is 104 cm³/mol. The molecule has 0 atom stereocenters. The number of likely N-dealkylation sites (N-methyl/N-ethyl adjacent to an activating group) is 2. The van der Waals surface area contributed by atoms with E-state index in [2.05, 4.69) is 15.4 Å². The molecule has 0 unspecified atom stereocenters. The van der Waals surface area contributed by atoms with Crippen LogP contribution in [0.25, 0.3) is 5.69 Å². The minimum Gasteiger partial charge on any atom is -0.338 e. The molecule has 0 fully saturated rings. The van der Waals surface area contributed by atoms with E-state index in [1.54, 1.807) is 34.8 Å². The Bertz CT molecular complexity index is 712.